The SMILES string of the molecule is COc1ccccc1C(=O)Nc1cccc(N2CCCS2(=O)=O)c1. The average Bonchev–Trinajstić information content (AvgIpc) is 2.94. The van der Waals surface area contributed by atoms with Gasteiger partial charge in [0.15, 0.2) is 0 Å². The van der Waals surface area contributed by atoms with Crippen LogP contribution < -0.4 is 14.4 Å². The molecular weight excluding hydrogens is 328 g/mol. The minimum absolute atomic E-state index is 0.158. The van der Waals surface area contributed by atoms with Gasteiger partial charge in [0.25, 0.3) is 5.91 Å². The fourth-order valence-electron chi connectivity index (χ4n) is 2.70. The molecule has 6 nitrogen and oxygen atoms in total. The number of sulfonamides is 1. The van der Waals surface area contributed by atoms with E-state index < -0.39 is 10.0 Å². The van der Waals surface area contributed by atoms with Gasteiger partial charge in [-0.15, -0.1) is 0 Å². The second kappa shape index (κ2) is 6.52. The Morgan fingerprint density at radius 1 is 1.17 bits per heavy atom. The predicted octanol–water partition coefficient (Wildman–Crippen LogP) is 2.49. The Bertz CT molecular complexity index is 864. The van der Waals surface area contributed by atoms with Gasteiger partial charge in [0.05, 0.1) is 24.1 Å². The second-order valence-corrected chi connectivity index (χ2v) is 7.46. The van der Waals surface area contributed by atoms with Gasteiger partial charge in [-0.3, -0.25) is 9.10 Å². The van der Waals surface area contributed by atoms with Gasteiger partial charge in [-0.2, -0.15) is 0 Å². The summed E-state index contributed by atoms with van der Waals surface area (Å²) in [6.07, 6.45) is 0.611. The first-order valence-corrected chi connectivity index (χ1v) is 9.17. The van der Waals surface area contributed by atoms with Gasteiger partial charge in [0, 0.05) is 12.2 Å². The fraction of sp³-hybridized carbons (Fsp3) is 0.235. The molecule has 1 N–H and O–H groups in total. The van der Waals surface area contributed by atoms with E-state index in [1.54, 1.807) is 48.5 Å². The molecule has 1 fully saturated rings. The van der Waals surface area contributed by atoms with E-state index in [4.69, 9.17) is 4.74 Å². The van der Waals surface area contributed by atoms with Gasteiger partial charge in [-0.25, -0.2) is 8.42 Å². The third-order valence-electron chi connectivity index (χ3n) is 3.84. The zero-order valence-corrected chi connectivity index (χ0v) is 14.0. The number of carbonyl (C=O) groups excluding carboxylic acids is 1. The summed E-state index contributed by atoms with van der Waals surface area (Å²) in [7, 11) is -1.74. The Balaban J connectivity index is 1.84. The summed E-state index contributed by atoms with van der Waals surface area (Å²) >= 11 is 0. The first kappa shape index (κ1) is 16.3. The highest BCUT2D eigenvalue weighted by Gasteiger charge is 2.28. The summed E-state index contributed by atoms with van der Waals surface area (Å²) in [6, 6.07) is 13.8. The minimum Gasteiger partial charge on any atom is -0.496 e. The number of nitrogens with zero attached hydrogens (tertiary/aromatic N) is 1. The largest absolute Gasteiger partial charge is 0.496 e. The maximum Gasteiger partial charge on any atom is 0.259 e. The fourth-order valence-corrected chi connectivity index (χ4v) is 4.26. The van der Waals surface area contributed by atoms with Gasteiger partial charge >= 0.3 is 0 Å². The number of rotatable bonds is 4. The molecule has 0 aliphatic carbocycles. The number of carbonyl (C=O) groups is 1. The van der Waals surface area contributed by atoms with E-state index in [0.29, 0.717) is 35.7 Å². The van der Waals surface area contributed by atoms with Gasteiger partial charge in [0.1, 0.15) is 5.75 Å². The van der Waals surface area contributed by atoms with Crippen molar-refractivity contribution in [3.8, 4) is 5.75 Å². The molecule has 1 amide bonds. The molecule has 0 spiro atoms. The van der Waals surface area contributed by atoms with Crippen LogP contribution in [0.2, 0.25) is 0 Å². The van der Waals surface area contributed by atoms with Crippen molar-refractivity contribution in [2.24, 2.45) is 0 Å². The normalized spacial score (nSPS) is 16.0. The number of hydrogen-bond donors (Lipinski definition) is 1. The highest BCUT2D eigenvalue weighted by Crippen LogP contribution is 2.27. The summed E-state index contributed by atoms with van der Waals surface area (Å²) < 4.78 is 30.6. The van der Waals surface area contributed by atoms with E-state index in [1.165, 1.54) is 11.4 Å². The summed E-state index contributed by atoms with van der Waals surface area (Å²) in [5, 5.41) is 2.78. The molecular formula is C17H18N2O4S. The molecule has 0 unspecified atom stereocenters. The van der Waals surface area contributed by atoms with Crippen LogP contribution in [0.4, 0.5) is 11.4 Å². The average molecular weight is 346 g/mol. The molecule has 126 valence electrons. The molecule has 0 aromatic heterocycles. The van der Waals surface area contributed by atoms with Crippen LogP contribution in [0.25, 0.3) is 0 Å². The van der Waals surface area contributed by atoms with Crippen molar-refractivity contribution in [2.45, 2.75) is 6.42 Å². The molecule has 0 radical (unpaired) electrons. The number of methoxy groups -OCH3 is 1. The lowest BCUT2D eigenvalue weighted by molar-refractivity contribution is 0.102. The van der Waals surface area contributed by atoms with Gasteiger partial charge < -0.3 is 10.1 Å². The van der Waals surface area contributed by atoms with E-state index in [9.17, 15) is 13.2 Å². The lowest BCUT2D eigenvalue weighted by atomic mass is 10.2. The third-order valence-corrected chi connectivity index (χ3v) is 5.71. The number of ether oxygens (including phenoxy) is 1. The standard InChI is InChI=1S/C17H18N2O4S/c1-23-16-9-3-2-8-15(16)17(20)18-13-6-4-7-14(12-13)19-10-5-11-24(19,21)22/h2-4,6-9,12H,5,10-11H2,1H3,(H,18,20). The van der Waals surface area contributed by atoms with Crippen molar-refractivity contribution in [2.75, 3.05) is 29.0 Å². The Hall–Kier alpha value is -2.54. The molecule has 1 aliphatic rings. The lowest BCUT2D eigenvalue weighted by Gasteiger charge is -2.18. The highest BCUT2D eigenvalue weighted by atomic mass is 32.2. The van der Waals surface area contributed by atoms with Crippen molar-refractivity contribution in [1.82, 2.24) is 0 Å². The molecule has 2 aromatic rings. The molecule has 1 saturated heterocycles. The number of hydrogen-bond acceptors (Lipinski definition) is 4. The van der Waals surface area contributed by atoms with Crippen LogP contribution in [0, 0.1) is 0 Å². The van der Waals surface area contributed by atoms with Crippen LogP contribution >= 0.6 is 0 Å². The smallest absolute Gasteiger partial charge is 0.259 e. The van der Waals surface area contributed by atoms with Crippen molar-refractivity contribution >= 4 is 27.3 Å². The van der Waals surface area contributed by atoms with Crippen LogP contribution in [-0.4, -0.2) is 33.7 Å². The van der Waals surface area contributed by atoms with Crippen LogP contribution in [0.5, 0.6) is 5.75 Å². The van der Waals surface area contributed by atoms with Crippen molar-refractivity contribution in [3.63, 3.8) is 0 Å². The zero-order chi connectivity index (χ0) is 17.2. The molecule has 1 aliphatic heterocycles. The summed E-state index contributed by atoms with van der Waals surface area (Å²) in [5.74, 6) is 0.326. The Morgan fingerprint density at radius 2 is 1.96 bits per heavy atom. The molecule has 24 heavy (non-hydrogen) atoms. The van der Waals surface area contributed by atoms with Gasteiger partial charge in [-0.05, 0) is 36.8 Å². The Kier molecular flexibility index (Phi) is 4.44. The van der Waals surface area contributed by atoms with E-state index >= 15 is 0 Å². The molecule has 0 atom stereocenters. The summed E-state index contributed by atoms with van der Waals surface area (Å²) in [5.41, 5.74) is 1.51. The van der Waals surface area contributed by atoms with Crippen molar-refractivity contribution < 1.29 is 17.9 Å². The lowest BCUT2D eigenvalue weighted by Crippen LogP contribution is -2.25. The topological polar surface area (TPSA) is 75.7 Å². The van der Waals surface area contributed by atoms with E-state index in [-0.39, 0.29) is 11.7 Å². The quantitative estimate of drug-likeness (QED) is 0.923. The Labute approximate surface area is 141 Å². The highest BCUT2D eigenvalue weighted by molar-refractivity contribution is 7.93. The Morgan fingerprint density at radius 3 is 2.67 bits per heavy atom. The summed E-state index contributed by atoms with van der Waals surface area (Å²) in [4.78, 5) is 12.4. The maximum atomic E-state index is 12.4. The molecule has 2 aromatic carbocycles. The third kappa shape index (κ3) is 3.21. The molecule has 0 saturated carbocycles. The molecule has 0 bridgehead atoms. The van der Waals surface area contributed by atoms with Crippen LogP contribution in [0.3, 0.4) is 0 Å². The second-order valence-electron chi connectivity index (χ2n) is 5.45. The number of anilines is 2. The molecule has 1 heterocycles. The predicted molar refractivity (Wildman–Crippen MR) is 93.1 cm³/mol. The summed E-state index contributed by atoms with van der Waals surface area (Å²) in [6.45, 7) is 0.465. The van der Waals surface area contributed by atoms with Crippen LogP contribution in [0.1, 0.15) is 16.8 Å². The zero-order valence-electron chi connectivity index (χ0n) is 13.2. The first-order chi connectivity index (χ1) is 11.5. The van der Waals surface area contributed by atoms with Crippen molar-refractivity contribution in [1.29, 1.82) is 0 Å². The monoisotopic (exact) mass is 346 g/mol. The number of para-hydroxylation sites is 1. The van der Waals surface area contributed by atoms with Gasteiger partial charge in [0.2, 0.25) is 10.0 Å². The van der Waals surface area contributed by atoms with E-state index in [2.05, 4.69) is 5.32 Å². The minimum atomic E-state index is -3.25. The maximum absolute atomic E-state index is 12.4. The molecule has 7 heteroatoms. The van der Waals surface area contributed by atoms with Crippen LogP contribution in [-0.2, 0) is 10.0 Å². The first-order valence-electron chi connectivity index (χ1n) is 7.56. The number of benzene rings is 2. The van der Waals surface area contributed by atoms with Crippen LogP contribution in [0.15, 0.2) is 48.5 Å². The van der Waals surface area contributed by atoms with Gasteiger partial charge in [-0.1, -0.05) is 18.2 Å². The van der Waals surface area contributed by atoms with Crippen molar-refractivity contribution in [3.05, 3.63) is 54.1 Å². The number of amides is 1. The van der Waals surface area contributed by atoms with E-state index in [1.807, 2.05) is 0 Å². The van der Waals surface area contributed by atoms with E-state index in [0.717, 1.165) is 0 Å². The number of nitrogens with one attached hydrogen (secondary N) is 1. The molecule has 3 rings (SSSR count).